The fourth-order valence-corrected chi connectivity index (χ4v) is 25.7. The molecule has 11 aliphatic rings. The van der Waals surface area contributed by atoms with Crippen LogP contribution in [0.3, 0.4) is 0 Å². The highest BCUT2D eigenvalue weighted by Crippen LogP contribution is 2.73. The molecular weight excluding hydrogens is 1350 g/mol. The minimum atomic E-state index is -0.153. The van der Waals surface area contributed by atoms with Gasteiger partial charge in [0, 0.05) is 44.4 Å². The number of benzene rings is 14. The lowest BCUT2D eigenvalue weighted by molar-refractivity contribution is -0.0397. The van der Waals surface area contributed by atoms with Gasteiger partial charge in [-0.3, -0.25) is 0 Å². The summed E-state index contributed by atoms with van der Waals surface area (Å²) in [5, 5.41) is 2.27. The van der Waals surface area contributed by atoms with Gasteiger partial charge in [0.2, 0.25) is 0 Å². The molecule has 1 aromatic heterocycles. The van der Waals surface area contributed by atoms with Gasteiger partial charge >= 0.3 is 0 Å². The maximum Gasteiger partial charge on any atom is 0.137 e. The van der Waals surface area contributed by atoms with Gasteiger partial charge in [0.25, 0.3) is 0 Å². The van der Waals surface area contributed by atoms with Crippen molar-refractivity contribution in [1.29, 1.82) is 0 Å². The quantitative estimate of drug-likeness (QED) is 0.136. The Labute approximate surface area is 659 Å². The van der Waals surface area contributed by atoms with Crippen molar-refractivity contribution in [3.05, 3.63) is 360 Å². The molecule has 0 radical (unpaired) electrons. The number of para-hydroxylation sites is 1. The second-order valence-electron chi connectivity index (χ2n) is 35.5. The highest BCUT2D eigenvalue weighted by atomic mass is 16.3. The van der Waals surface area contributed by atoms with Gasteiger partial charge in [-0.1, -0.05) is 257 Å². The van der Waals surface area contributed by atoms with Crippen LogP contribution in [0.15, 0.2) is 320 Å². The number of hydrogen-bond acceptors (Lipinski definition) is 3. The minimum Gasteiger partial charge on any atom is -0.456 e. The summed E-state index contributed by atoms with van der Waals surface area (Å²) < 4.78 is 6.43. The van der Waals surface area contributed by atoms with E-state index in [-0.39, 0.29) is 16.2 Å². The summed E-state index contributed by atoms with van der Waals surface area (Å²) >= 11 is 0. The van der Waals surface area contributed by atoms with E-state index in [1.54, 1.807) is 22.3 Å². The highest BCUT2D eigenvalue weighted by Gasteiger charge is 2.64. The zero-order valence-corrected chi connectivity index (χ0v) is 64.5. The molecule has 544 valence electrons. The monoisotopic (exact) mass is 1440 g/mol. The van der Waals surface area contributed by atoms with Gasteiger partial charge in [0.05, 0.1) is 16.8 Å². The lowest BCUT2D eigenvalue weighted by Gasteiger charge is -2.61. The molecule has 8 fully saturated rings. The molecule has 0 aliphatic heterocycles. The molecule has 8 saturated carbocycles. The molecule has 15 aromatic rings. The van der Waals surface area contributed by atoms with E-state index in [0.717, 1.165) is 86.3 Å². The van der Waals surface area contributed by atoms with Gasteiger partial charge in [-0.25, -0.2) is 0 Å². The topological polar surface area (TPSA) is 19.6 Å². The Bertz CT molecular complexity index is 6250. The van der Waals surface area contributed by atoms with Crippen molar-refractivity contribution >= 4 is 56.1 Å². The smallest absolute Gasteiger partial charge is 0.137 e. The number of anilines is 6. The van der Waals surface area contributed by atoms with E-state index in [2.05, 4.69) is 353 Å². The Morgan fingerprint density at radius 2 is 0.634 bits per heavy atom. The summed E-state index contributed by atoms with van der Waals surface area (Å²) in [7, 11) is 0. The molecule has 0 amide bonds. The van der Waals surface area contributed by atoms with Crippen LogP contribution in [0.1, 0.15) is 123 Å². The van der Waals surface area contributed by atoms with Crippen LogP contribution < -0.4 is 9.80 Å². The van der Waals surface area contributed by atoms with E-state index >= 15 is 0 Å². The number of nitrogens with zero attached hydrogens (tertiary/aromatic N) is 2. The first-order valence-electron chi connectivity index (χ1n) is 41.8. The first-order chi connectivity index (χ1) is 55.1. The first kappa shape index (κ1) is 66.3. The number of aryl methyl sites for hydroxylation is 2. The first-order valence-corrected chi connectivity index (χ1v) is 41.8. The van der Waals surface area contributed by atoms with E-state index in [1.165, 1.54) is 181 Å². The lowest BCUT2D eigenvalue weighted by Crippen LogP contribution is -2.55. The van der Waals surface area contributed by atoms with Crippen LogP contribution in [-0.4, -0.2) is 0 Å². The third-order valence-electron chi connectivity index (χ3n) is 29.5. The normalized spacial score (nSPS) is 23.5. The van der Waals surface area contributed by atoms with Gasteiger partial charge in [-0.05, 0) is 321 Å². The summed E-state index contributed by atoms with van der Waals surface area (Å²) in [6.07, 6.45) is 14.1. The molecule has 0 atom stereocenters. The maximum atomic E-state index is 6.43. The molecule has 0 N–H and O–H groups in total. The van der Waals surface area contributed by atoms with Gasteiger partial charge < -0.3 is 14.2 Å². The van der Waals surface area contributed by atoms with Crippen molar-refractivity contribution in [2.24, 2.45) is 47.3 Å². The molecular formula is C109H92N2O. The largest absolute Gasteiger partial charge is 0.456 e. The predicted molar refractivity (Wildman–Crippen MR) is 465 cm³/mol. The molecule has 3 nitrogen and oxygen atoms in total. The molecule has 112 heavy (non-hydrogen) atoms. The highest BCUT2D eigenvalue weighted by molar-refractivity contribution is 6.13. The average molecular weight is 1450 g/mol. The molecule has 8 bridgehead atoms. The number of rotatable bonds is 10. The summed E-state index contributed by atoms with van der Waals surface area (Å²) in [4.78, 5) is 4.97. The fourth-order valence-electron chi connectivity index (χ4n) is 25.7. The Kier molecular flexibility index (Phi) is 14.9. The Balaban J connectivity index is 0.000000134. The molecule has 14 aromatic carbocycles. The van der Waals surface area contributed by atoms with E-state index in [0.29, 0.717) is 0 Å². The average Bonchev–Trinajstić information content (AvgIpc) is 1.49. The van der Waals surface area contributed by atoms with E-state index < -0.39 is 0 Å². The number of furan rings is 1. The van der Waals surface area contributed by atoms with Crippen molar-refractivity contribution in [1.82, 2.24) is 0 Å². The van der Waals surface area contributed by atoms with E-state index in [4.69, 9.17) is 4.42 Å². The summed E-state index contributed by atoms with van der Waals surface area (Å²) in [6.45, 7) is 9.50. The second-order valence-corrected chi connectivity index (χ2v) is 35.5. The minimum absolute atomic E-state index is 0.117. The van der Waals surface area contributed by atoms with Gasteiger partial charge in [-0.15, -0.1) is 0 Å². The zero-order valence-electron chi connectivity index (χ0n) is 64.5. The van der Waals surface area contributed by atoms with Crippen LogP contribution in [0.25, 0.3) is 99.8 Å². The number of fused-ring (bicyclic) bond motifs is 12. The summed E-state index contributed by atoms with van der Waals surface area (Å²) in [5.41, 5.74) is 39.9. The van der Waals surface area contributed by atoms with Gasteiger partial charge in [-0.2, -0.15) is 0 Å². The maximum absolute atomic E-state index is 6.43. The molecule has 26 rings (SSSR count). The predicted octanol–water partition coefficient (Wildman–Crippen LogP) is 29.2. The van der Waals surface area contributed by atoms with Gasteiger partial charge in [0.15, 0.2) is 0 Å². The molecule has 0 saturated heterocycles. The van der Waals surface area contributed by atoms with Crippen LogP contribution >= 0.6 is 0 Å². The van der Waals surface area contributed by atoms with Crippen LogP contribution in [0.4, 0.5) is 34.1 Å². The zero-order chi connectivity index (χ0) is 74.3. The van der Waals surface area contributed by atoms with Crippen molar-refractivity contribution < 1.29 is 4.42 Å². The third kappa shape index (κ3) is 9.71. The van der Waals surface area contributed by atoms with Gasteiger partial charge in [0.1, 0.15) is 11.2 Å². The molecule has 11 aliphatic carbocycles. The Morgan fingerprint density at radius 1 is 0.268 bits per heavy atom. The SMILES string of the molecule is Cc1cc(N(c2ccc(-c3ccccc3)cc2)c2cccc3oc4ccccc4c23)ccc1-c1cccc2c1C1(c3ccccc3-2)C2CC3CC(C2)CC1C3.Cc1cc(N(c2cccc(-c3ccccc3)c2)c2cccc3c2C(C)(C)c2ccccc2-3)ccc1-c1cccc2c1C1(c3ccccc3-2)C2CC3CC(C2)CC1C3. The van der Waals surface area contributed by atoms with Crippen LogP contribution in [0.2, 0.25) is 0 Å². The van der Waals surface area contributed by atoms with Crippen LogP contribution in [0, 0.1) is 61.2 Å². The van der Waals surface area contributed by atoms with Crippen LogP contribution in [-0.2, 0) is 16.2 Å². The molecule has 1 heterocycles. The molecule has 0 unspecified atom stereocenters. The standard InChI is InChI=1S/C56H49N.C53H43NO/c1-35-28-43(26-27-44(35)47-20-12-21-48-46-19-8-10-24-51(46)56(53(47)48)40-30-36-29-37(32-40)33-41(56)31-36)57(42-17-11-16-39(34-42)38-14-5-4-6-15-38)52-25-13-22-49-45-18-7-9-23-50(45)55(2,3)54(49)52;1-33-27-41(54(40-23-21-37(22-24-40)36-11-3-2-4-12-36)48-18-10-20-50-51(48)46-14-6-8-19-49(46)55-50)25-26-42(33)44-15-9-16-45-43-13-5-7-17-47(43)53(52(44)45)38-29-34-28-35(31-38)32-39(53)30-34/h4-28,34,36-37,40-41H,29-33H2,1-3H3;2-27,34-35,38-39H,28-32H2,1H3. The van der Waals surface area contributed by atoms with Crippen molar-refractivity contribution in [2.45, 2.75) is 108 Å². The molecule has 2 spiro atoms. The Morgan fingerprint density at radius 3 is 1.17 bits per heavy atom. The van der Waals surface area contributed by atoms with Crippen LogP contribution in [0.5, 0.6) is 0 Å². The van der Waals surface area contributed by atoms with Crippen molar-refractivity contribution in [3.8, 4) is 77.9 Å². The lowest BCUT2D eigenvalue weighted by atomic mass is 9.42. The third-order valence-corrected chi connectivity index (χ3v) is 29.5. The van der Waals surface area contributed by atoms with E-state index in [9.17, 15) is 0 Å². The summed E-state index contributed by atoms with van der Waals surface area (Å²) in [6, 6.07) is 118. The second kappa shape index (κ2) is 25.2. The van der Waals surface area contributed by atoms with Crippen molar-refractivity contribution in [2.75, 3.05) is 9.80 Å². The van der Waals surface area contributed by atoms with Crippen molar-refractivity contribution in [3.63, 3.8) is 0 Å². The fraction of sp³-hybridized carbons (Fsp3) is 0.229. The Hall–Kier alpha value is -11.5. The summed E-state index contributed by atoms with van der Waals surface area (Å²) in [5.74, 6) is 6.60. The van der Waals surface area contributed by atoms with E-state index in [1.807, 2.05) is 0 Å². The molecule has 3 heteroatoms. The number of hydrogen-bond donors (Lipinski definition) is 0.